The molecule has 1 N–H and O–H groups in total. The summed E-state index contributed by atoms with van der Waals surface area (Å²) < 4.78 is 5.53. The van der Waals surface area contributed by atoms with Crippen LogP contribution in [0.2, 0.25) is 5.02 Å². The molecule has 0 unspecified atom stereocenters. The quantitative estimate of drug-likeness (QED) is 0.618. The van der Waals surface area contributed by atoms with Crippen molar-refractivity contribution in [1.29, 1.82) is 0 Å². The molecule has 0 radical (unpaired) electrons. The first-order valence-electron chi connectivity index (χ1n) is 7.47. The zero-order valence-electron chi connectivity index (χ0n) is 13.6. The lowest BCUT2D eigenvalue weighted by molar-refractivity contribution is -0.123. The third-order valence-electron chi connectivity index (χ3n) is 3.54. The van der Waals surface area contributed by atoms with Crippen molar-refractivity contribution in [1.82, 2.24) is 10.4 Å². The van der Waals surface area contributed by atoms with Crippen LogP contribution in [0, 0.1) is 0 Å². The maximum absolute atomic E-state index is 12.6. The Morgan fingerprint density at radius 2 is 1.92 bits per heavy atom. The molecule has 1 saturated heterocycles. The van der Waals surface area contributed by atoms with E-state index in [4.69, 9.17) is 28.6 Å². The summed E-state index contributed by atoms with van der Waals surface area (Å²) in [6, 6.07) is 13.7. The molecular formula is C18H13ClN2O3S2. The van der Waals surface area contributed by atoms with Gasteiger partial charge in [0.2, 0.25) is 0 Å². The van der Waals surface area contributed by atoms with Crippen molar-refractivity contribution in [2.24, 2.45) is 0 Å². The van der Waals surface area contributed by atoms with E-state index in [1.165, 1.54) is 0 Å². The molecule has 26 heavy (non-hydrogen) atoms. The van der Waals surface area contributed by atoms with Gasteiger partial charge in [-0.15, -0.1) is 0 Å². The second-order valence-electron chi connectivity index (χ2n) is 5.21. The van der Waals surface area contributed by atoms with Gasteiger partial charge in [-0.3, -0.25) is 15.0 Å². The molecule has 5 nitrogen and oxygen atoms in total. The summed E-state index contributed by atoms with van der Waals surface area (Å²) in [6.07, 6.45) is 1.69. The number of thioether (sulfide) groups is 1. The van der Waals surface area contributed by atoms with E-state index in [9.17, 15) is 9.59 Å². The number of halogens is 1. The van der Waals surface area contributed by atoms with E-state index in [2.05, 4.69) is 5.43 Å². The Hall–Kier alpha value is -2.35. The molecule has 0 saturated carbocycles. The summed E-state index contributed by atoms with van der Waals surface area (Å²) in [5.74, 6) is -0.201. The van der Waals surface area contributed by atoms with Crippen LogP contribution in [-0.4, -0.2) is 28.3 Å². The van der Waals surface area contributed by atoms with Crippen LogP contribution in [-0.2, 0) is 4.79 Å². The van der Waals surface area contributed by atoms with Crippen LogP contribution in [0.15, 0.2) is 53.4 Å². The minimum absolute atomic E-state index is 0.249. The highest BCUT2D eigenvalue weighted by molar-refractivity contribution is 8.26. The van der Waals surface area contributed by atoms with Crippen molar-refractivity contribution in [2.75, 3.05) is 7.11 Å². The van der Waals surface area contributed by atoms with Gasteiger partial charge >= 0.3 is 0 Å². The molecule has 0 aliphatic carbocycles. The fourth-order valence-electron chi connectivity index (χ4n) is 2.26. The molecule has 2 aromatic carbocycles. The Kier molecular flexibility index (Phi) is 5.61. The number of nitrogens with one attached hydrogen (secondary N) is 1. The Bertz CT molecular complexity index is 913. The van der Waals surface area contributed by atoms with Crippen LogP contribution in [0.25, 0.3) is 6.08 Å². The molecule has 0 atom stereocenters. The lowest BCUT2D eigenvalue weighted by atomic mass is 10.2. The SMILES string of the molecule is COc1ccccc1C=C1SC(=S)N(NC(=O)c2ccc(Cl)cc2)C1=O. The Labute approximate surface area is 164 Å². The van der Waals surface area contributed by atoms with Crippen LogP contribution in [0.1, 0.15) is 15.9 Å². The van der Waals surface area contributed by atoms with Crippen LogP contribution < -0.4 is 10.2 Å². The number of carbonyl (C=O) groups excluding carboxylic acids is 2. The zero-order chi connectivity index (χ0) is 18.7. The van der Waals surface area contributed by atoms with Gasteiger partial charge in [0.15, 0.2) is 4.32 Å². The summed E-state index contributed by atoms with van der Waals surface area (Å²) in [5, 5.41) is 1.59. The molecule has 1 heterocycles. The maximum atomic E-state index is 12.6. The van der Waals surface area contributed by atoms with E-state index in [0.29, 0.717) is 21.2 Å². The van der Waals surface area contributed by atoms with Gasteiger partial charge < -0.3 is 4.74 Å². The monoisotopic (exact) mass is 404 g/mol. The number of methoxy groups -OCH3 is 1. The topological polar surface area (TPSA) is 58.6 Å². The van der Waals surface area contributed by atoms with Crippen LogP contribution in [0.5, 0.6) is 5.75 Å². The molecular weight excluding hydrogens is 392 g/mol. The highest BCUT2D eigenvalue weighted by atomic mass is 35.5. The van der Waals surface area contributed by atoms with Gasteiger partial charge in [0.1, 0.15) is 5.75 Å². The van der Waals surface area contributed by atoms with Crippen molar-refractivity contribution >= 4 is 57.8 Å². The van der Waals surface area contributed by atoms with E-state index < -0.39 is 11.8 Å². The Balaban J connectivity index is 1.79. The van der Waals surface area contributed by atoms with Crippen LogP contribution >= 0.6 is 35.6 Å². The normalized spacial score (nSPS) is 15.5. The molecule has 132 valence electrons. The van der Waals surface area contributed by atoms with Crippen molar-refractivity contribution in [3.63, 3.8) is 0 Å². The fourth-order valence-corrected chi connectivity index (χ4v) is 3.55. The summed E-state index contributed by atoms with van der Waals surface area (Å²) in [5.41, 5.74) is 3.65. The summed E-state index contributed by atoms with van der Waals surface area (Å²) in [6.45, 7) is 0. The van der Waals surface area contributed by atoms with E-state index in [-0.39, 0.29) is 4.32 Å². The first-order chi connectivity index (χ1) is 12.5. The smallest absolute Gasteiger partial charge is 0.285 e. The van der Waals surface area contributed by atoms with Gasteiger partial charge in [-0.25, -0.2) is 0 Å². The average molecular weight is 405 g/mol. The number of carbonyl (C=O) groups is 2. The van der Waals surface area contributed by atoms with Gasteiger partial charge in [-0.2, -0.15) is 5.01 Å². The second kappa shape index (κ2) is 7.90. The summed E-state index contributed by atoms with van der Waals surface area (Å²) in [7, 11) is 1.56. The number of thiocarbonyl (C=S) groups is 1. The number of hydrazine groups is 1. The fraction of sp³-hybridized carbons (Fsp3) is 0.0556. The number of para-hydroxylation sites is 1. The van der Waals surface area contributed by atoms with E-state index in [0.717, 1.165) is 22.3 Å². The number of ether oxygens (including phenoxy) is 1. The number of rotatable bonds is 4. The largest absolute Gasteiger partial charge is 0.496 e. The number of hydrogen-bond donors (Lipinski definition) is 1. The molecule has 2 amide bonds. The Morgan fingerprint density at radius 1 is 1.23 bits per heavy atom. The highest BCUT2D eigenvalue weighted by Gasteiger charge is 2.34. The van der Waals surface area contributed by atoms with Crippen LogP contribution in [0.3, 0.4) is 0 Å². The van der Waals surface area contributed by atoms with E-state index in [1.54, 1.807) is 43.5 Å². The molecule has 1 fully saturated rings. The summed E-state index contributed by atoms with van der Waals surface area (Å²) >= 11 is 12.2. The van der Waals surface area contributed by atoms with Crippen molar-refractivity contribution in [2.45, 2.75) is 0 Å². The van der Waals surface area contributed by atoms with E-state index >= 15 is 0 Å². The standard InChI is InChI=1S/C18H13ClN2O3S2/c1-24-14-5-3-2-4-12(14)10-15-17(23)21(18(25)26-15)20-16(22)11-6-8-13(19)9-7-11/h2-10H,1H3,(H,20,22). The predicted octanol–water partition coefficient (Wildman–Crippen LogP) is 3.89. The minimum atomic E-state index is -0.448. The van der Waals surface area contributed by atoms with Gasteiger partial charge in [-0.05, 0) is 48.6 Å². The van der Waals surface area contributed by atoms with Crippen molar-refractivity contribution < 1.29 is 14.3 Å². The maximum Gasteiger partial charge on any atom is 0.285 e. The number of amides is 2. The van der Waals surface area contributed by atoms with Crippen molar-refractivity contribution in [3.05, 3.63) is 69.6 Å². The van der Waals surface area contributed by atoms with Crippen LogP contribution in [0.4, 0.5) is 0 Å². The first kappa shape index (κ1) is 18.4. The summed E-state index contributed by atoms with van der Waals surface area (Å²) in [4.78, 5) is 25.3. The molecule has 1 aliphatic heterocycles. The average Bonchev–Trinajstić information content (AvgIpc) is 2.90. The molecule has 8 heteroatoms. The molecule has 0 spiro atoms. The first-order valence-corrected chi connectivity index (χ1v) is 9.07. The lowest BCUT2D eigenvalue weighted by Gasteiger charge is -2.15. The zero-order valence-corrected chi connectivity index (χ0v) is 16.0. The third kappa shape index (κ3) is 3.90. The molecule has 2 aromatic rings. The Morgan fingerprint density at radius 3 is 2.62 bits per heavy atom. The lowest BCUT2D eigenvalue weighted by Crippen LogP contribution is -2.44. The molecule has 0 bridgehead atoms. The molecule has 0 aromatic heterocycles. The second-order valence-corrected chi connectivity index (χ2v) is 7.32. The number of nitrogens with zero attached hydrogens (tertiary/aromatic N) is 1. The van der Waals surface area contributed by atoms with E-state index in [1.807, 2.05) is 18.2 Å². The minimum Gasteiger partial charge on any atom is -0.496 e. The number of hydrogen-bond acceptors (Lipinski definition) is 5. The molecule has 1 aliphatic rings. The number of benzene rings is 2. The van der Waals surface area contributed by atoms with Gasteiger partial charge in [0.25, 0.3) is 11.8 Å². The molecule has 3 rings (SSSR count). The third-order valence-corrected chi connectivity index (χ3v) is 5.09. The van der Waals surface area contributed by atoms with Gasteiger partial charge in [0, 0.05) is 16.1 Å². The van der Waals surface area contributed by atoms with Gasteiger partial charge in [0.05, 0.1) is 12.0 Å². The highest BCUT2D eigenvalue weighted by Crippen LogP contribution is 2.33. The van der Waals surface area contributed by atoms with Gasteiger partial charge in [-0.1, -0.05) is 41.6 Å². The predicted molar refractivity (Wildman–Crippen MR) is 107 cm³/mol. The van der Waals surface area contributed by atoms with Crippen molar-refractivity contribution in [3.8, 4) is 5.75 Å².